The molecule has 21 heavy (non-hydrogen) atoms. The van der Waals surface area contributed by atoms with Gasteiger partial charge < -0.3 is 9.47 Å². The summed E-state index contributed by atoms with van der Waals surface area (Å²) in [6, 6.07) is 7.54. The van der Waals surface area contributed by atoms with Gasteiger partial charge in [-0.15, -0.1) is 0 Å². The molecule has 0 radical (unpaired) electrons. The monoisotopic (exact) mass is 286 g/mol. The molecule has 0 saturated heterocycles. The van der Waals surface area contributed by atoms with Crippen molar-refractivity contribution in [3.63, 3.8) is 0 Å². The Balaban J connectivity index is 2.66. The van der Waals surface area contributed by atoms with Crippen molar-refractivity contribution in [1.29, 1.82) is 0 Å². The van der Waals surface area contributed by atoms with E-state index < -0.39 is 5.97 Å². The number of rotatable bonds is 5. The van der Waals surface area contributed by atoms with Crippen LogP contribution in [0.15, 0.2) is 29.3 Å². The van der Waals surface area contributed by atoms with Crippen LogP contribution in [0.5, 0.6) is 0 Å². The Morgan fingerprint density at radius 2 is 2.05 bits per heavy atom. The molecule has 0 spiro atoms. The quantitative estimate of drug-likeness (QED) is 0.480. The maximum absolute atomic E-state index is 12.2. The molecule has 0 N–H and O–H groups in total. The molecule has 5 nitrogen and oxygen atoms in total. The van der Waals surface area contributed by atoms with Gasteiger partial charge in [0, 0.05) is 5.39 Å². The van der Waals surface area contributed by atoms with E-state index in [1.54, 1.807) is 13.8 Å². The minimum Gasteiger partial charge on any atom is -0.483 e. The molecule has 1 heterocycles. The smallest absolute Gasteiger partial charge is 0.342 e. The van der Waals surface area contributed by atoms with E-state index in [9.17, 15) is 4.79 Å². The number of hydrogen-bond donors (Lipinski definition) is 0. The second-order valence-corrected chi connectivity index (χ2v) is 4.35. The molecule has 0 aliphatic heterocycles. The molecule has 2 aromatic rings. The molecule has 0 bridgehead atoms. The lowest BCUT2D eigenvalue weighted by atomic mass is 10.1. The lowest BCUT2D eigenvalue weighted by Crippen LogP contribution is -2.09. The summed E-state index contributed by atoms with van der Waals surface area (Å²) < 4.78 is 10.3. The van der Waals surface area contributed by atoms with Gasteiger partial charge in [-0.2, -0.15) is 0 Å². The van der Waals surface area contributed by atoms with E-state index in [1.165, 1.54) is 6.40 Å². The summed E-state index contributed by atoms with van der Waals surface area (Å²) in [6.45, 7) is 6.23. The number of para-hydroxylation sites is 1. The second-order valence-electron chi connectivity index (χ2n) is 4.35. The van der Waals surface area contributed by atoms with E-state index in [1.807, 2.05) is 31.2 Å². The third-order valence-corrected chi connectivity index (χ3v) is 2.95. The highest BCUT2D eigenvalue weighted by Gasteiger charge is 2.19. The summed E-state index contributed by atoms with van der Waals surface area (Å²) in [4.78, 5) is 20.9. The number of fused-ring (bicyclic) bond motifs is 1. The number of pyridine rings is 1. The normalized spacial score (nSPS) is 11.0. The molecular formula is C16H18N2O3. The fourth-order valence-corrected chi connectivity index (χ4v) is 2.06. The molecule has 0 atom stereocenters. The Morgan fingerprint density at radius 1 is 1.29 bits per heavy atom. The first-order chi connectivity index (χ1) is 10.2. The van der Waals surface area contributed by atoms with Gasteiger partial charge in [-0.05, 0) is 26.8 Å². The fraction of sp³-hybridized carbons (Fsp3) is 0.312. The van der Waals surface area contributed by atoms with Gasteiger partial charge in [-0.3, -0.25) is 4.98 Å². The highest BCUT2D eigenvalue weighted by atomic mass is 16.5. The number of ether oxygens (including phenoxy) is 2. The van der Waals surface area contributed by atoms with Crippen LogP contribution in [0.2, 0.25) is 0 Å². The number of aryl methyl sites for hydroxylation is 1. The third-order valence-electron chi connectivity index (χ3n) is 2.95. The highest BCUT2D eigenvalue weighted by Crippen LogP contribution is 2.31. The van der Waals surface area contributed by atoms with Crippen LogP contribution in [0.3, 0.4) is 0 Å². The molecular weight excluding hydrogens is 268 g/mol. The number of esters is 1. The largest absolute Gasteiger partial charge is 0.483 e. The number of carbonyl (C=O) groups is 1. The molecule has 0 saturated carbocycles. The molecule has 0 aliphatic rings. The summed E-state index contributed by atoms with van der Waals surface area (Å²) in [5, 5.41) is 0.794. The Morgan fingerprint density at radius 3 is 2.76 bits per heavy atom. The lowest BCUT2D eigenvalue weighted by molar-refractivity contribution is 0.0526. The van der Waals surface area contributed by atoms with Crippen LogP contribution in [0, 0.1) is 6.92 Å². The molecule has 0 amide bonds. The van der Waals surface area contributed by atoms with Crippen LogP contribution in [0.25, 0.3) is 10.9 Å². The van der Waals surface area contributed by atoms with Crippen molar-refractivity contribution < 1.29 is 14.3 Å². The van der Waals surface area contributed by atoms with Crippen LogP contribution in [0.1, 0.15) is 29.9 Å². The summed E-state index contributed by atoms with van der Waals surface area (Å²) in [5.74, 6) is -0.420. The number of benzene rings is 1. The summed E-state index contributed by atoms with van der Waals surface area (Å²) in [5.41, 5.74) is 2.29. The number of carbonyl (C=O) groups excluding carboxylic acids is 1. The Bertz CT molecular complexity index is 681. The van der Waals surface area contributed by atoms with Crippen molar-refractivity contribution in [2.24, 2.45) is 4.99 Å². The molecule has 0 unspecified atom stereocenters. The van der Waals surface area contributed by atoms with Crippen LogP contribution >= 0.6 is 0 Å². The maximum Gasteiger partial charge on any atom is 0.342 e. The first-order valence-corrected chi connectivity index (χ1v) is 6.89. The zero-order valence-electron chi connectivity index (χ0n) is 12.4. The van der Waals surface area contributed by atoms with Gasteiger partial charge in [0.2, 0.25) is 0 Å². The number of aromatic nitrogens is 1. The van der Waals surface area contributed by atoms with E-state index in [0.29, 0.717) is 30.2 Å². The van der Waals surface area contributed by atoms with E-state index in [4.69, 9.17) is 9.47 Å². The minimum absolute atomic E-state index is 0.305. The fourth-order valence-electron chi connectivity index (χ4n) is 2.06. The van der Waals surface area contributed by atoms with Gasteiger partial charge in [-0.1, -0.05) is 18.2 Å². The average Bonchev–Trinajstić information content (AvgIpc) is 2.47. The number of nitrogens with zero attached hydrogens (tertiary/aromatic N) is 2. The first-order valence-electron chi connectivity index (χ1n) is 6.89. The van der Waals surface area contributed by atoms with Gasteiger partial charge >= 0.3 is 5.97 Å². The van der Waals surface area contributed by atoms with E-state index in [0.717, 1.165) is 10.9 Å². The topological polar surface area (TPSA) is 60.8 Å². The number of aliphatic imine (C=N–C) groups is 1. The predicted molar refractivity (Wildman–Crippen MR) is 82.2 cm³/mol. The van der Waals surface area contributed by atoms with Crippen LogP contribution in [0.4, 0.5) is 5.69 Å². The summed E-state index contributed by atoms with van der Waals surface area (Å²) in [6.07, 6.45) is 1.35. The van der Waals surface area contributed by atoms with Crippen LogP contribution < -0.4 is 0 Å². The van der Waals surface area contributed by atoms with E-state index in [-0.39, 0.29) is 0 Å². The standard InChI is InChI=1S/C16H18N2O3/c1-4-20-10-17-15-12-8-6-7-9-13(12)18-11(3)14(15)16(19)21-5-2/h6-10H,4-5H2,1-3H3. The predicted octanol–water partition coefficient (Wildman–Crippen LogP) is 3.42. The number of hydrogen-bond acceptors (Lipinski definition) is 5. The van der Waals surface area contributed by atoms with Crippen molar-refractivity contribution >= 4 is 29.0 Å². The maximum atomic E-state index is 12.2. The Hall–Kier alpha value is -2.43. The summed E-state index contributed by atoms with van der Waals surface area (Å²) >= 11 is 0. The molecule has 0 fully saturated rings. The lowest BCUT2D eigenvalue weighted by Gasteiger charge is -2.11. The van der Waals surface area contributed by atoms with Crippen LogP contribution in [-0.4, -0.2) is 30.6 Å². The first kappa shape index (κ1) is 15.0. The third kappa shape index (κ3) is 3.18. The van der Waals surface area contributed by atoms with Gasteiger partial charge in [0.05, 0.1) is 30.1 Å². The molecule has 0 aliphatic carbocycles. The molecule has 1 aromatic carbocycles. The van der Waals surface area contributed by atoms with Gasteiger partial charge in [-0.25, -0.2) is 9.79 Å². The Labute approximate surface area is 123 Å². The second kappa shape index (κ2) is 6.83. The average molecular weight is 286 g/mol. The van der Waals surface area contributed by atoms with Crippen molar-refractivity contribution in [2.45, 2.75) is 20.8 Å². The van der Waals surface area contributed by atoms with Crippen molar-refractivity contribution in [2.75, 3.05) is 13.2 Å². The van der Waals surface area contributed by atoms with Crippen molar-refractivity contribution in [3.8, 4) is 0 Å². The van der Waals surface area contributed by atoms with Crippen LogP contribution in [-0.2, 0) is 9.47 Å². The SMILES string of the molecule is CCOC=Nc1c(C(=O)OCC)c(C)nc2ccccc12. The van der Waals surface area contributed by atoms with E-state index >= 15 is 0 Å². The molecule has 5 heteroatoms. The molecule has 110 valence electrons. The Kier molecular flexibility index (Phi) is 4.87. The van der Waals surface area contributed by atoms with Crippen molar-refractivity contribution in [3.05, 3.63) is 35.5 Å². The zero-order valence-corrected chi connectivity index (χ0v) is 12.4. The zero-order chi connectivity index (χ0) is 15.2. The van der Waals surface area contributed by atoms with Gasteiger partial charge in [0.1, 0.15) is 5.56 Å². The highest BCUT2D eigenvalue weighted by molar-refractivity contribution is 6.05. The van der Waals surface area contributed by atoms with Gasteiger partial charge in [0.25, 0.3) is 0 Å². The van der Waals surface area contributed by atoms with Gasteiger partial charge in [0.15, 0.2) is 6.40 Å². The summed E-state index contributed by atoms with van der Waals surface area (Å²) in [7, 11) is 0. The minimum atomic E-state index is -0.420. The molecule has 1 aromatic heterocycles. The molecule has 2 rings (SSSR count). The van der Waals surface area contributed by atoms with E-state index in [2.05, 4.69) is 9.98 Å². The van der Waals surface area contributed by atoms with Crippen molar-refractivity contribution in [1.82, 2.24) is 4.98 Å².